The molecule has 7 heteroatoms. The molecule has 4 rings (SSSR count). The third-order valence-corrected chi connectivity index (χ3v) is 4.27. The molecule has 0 fully saturated rings. The summed E-state index contributed by atoms with van der Waals surface area (Å²) in [4.78, 5) is 25.3. The zero-order valence-corrected chi connectivity index (χ0v) is 14.7. The fraction of sp³-hybridized carbons (Fsp3) is 0.100. The predicted molar refractivity (Wildman–Crippen MR) is 103 cm³/mol. The molecule has 1 N–H and O–H groups in total. The van der Waals surface area contributed by atoms with Gasteiger partial charge in [-0.15, -0.1) is 0 Å². The van der Waals surface area contributed by atoms with Crippen LogP contribution in [0.1, 0.15) is 17.4 Å². The summed E-state index contributed by atoms with van der Waals surface area (Å²) in [5.74, 6) is -0.528. The number of nitrogens with zero attached hydrogens (tertiary/aromatic N) is 4. The third-order valence-electron chi connectivity index (χ3n) is 4.27. The highest BCUT2D eigenvalue weighted by Gasteiger charge is 2.17. The minimum absolute atomic E-state index is 0.119. The smallest absolute Gasteiger partial charge is 0.280 e. The lowest BCUT2D eigenvalue weighted by atomic mass is 10.2. The molecule has 2 aromatic heterocycles. The largest absolute Gasteiger partial charge is 0.320 e. The predicted octanol–water partition coefficient (Wildman–Crippen LogP) is 2.85. The Morgan fingerprint density at radius 1 is 1.07 bits per heavy atom. The summed E-state index contributed by atoms with van der Waals surface area (Å²) in [6, 6.07) is 16.2. The quantitative estimate of drug-likeness (QED) is 0.607. The van der Waals surface area contributed by atoms with Crippen molar-refractivity contribution in [3.63, 3.8) is 0 Å². The summed E-state index contributed by atoms with van der Waals surface area (Å²) in [5, 5.41) is 11.6. The van der Waals surface area contributed by atoms with Gasteiger partial charge in [0.25, 0.3) is 5.91 Å². The van der Waals surface area contributed by atoms with Crippen LogP contribution in [0.25, 0.3) is 16.6 Å². The molecule has 0 spiro atoms. The van der Waals surface area contributed by atoms with Crippen molar-refractivity contribution in [3.8, 4) is 5.69 Å². The van der Waals surface area contributed by atoms with Crippen LogP contribution in [-0.4, -0.2) is 25.5 Å². The second-order valence-electron chi connectivity index (χ2n) is 5.96. The Morgan fingerprint density at radius 3 is 2.56 bits per heavy atom. The van der Waals surface area contributed by atoms with E-state index in [0.717, 1.165) is 5.69 Å². The maximum absolute atomic E-state index is 12.7. The first-order valence-electron chi connectivity index (χ1n) is 8.58. The summed E-state index contributed by atoms with van der Waals surface area (Å²) in [6.45, 7) is 2.47. The molecule has 1 amide bonds. The van der Waals surface area contributed by atoms with E-state index in [9.17, 15) is 9.59 Å². The zero-order valence-electron chi connectivity index (χ0n) is 14.7. The summed E-state index contributed by atoms with van der Waals surface area (Å²) in [6.07, 6.45) is 3.53. The van der Waals surface area contributed by atoms with Crippen LogP contribution in [0.2, 0.25) is 0 Å². The van der Waals surface area contributed by atoms with Gasteiger partial charge in [0.15, 0.2) is 5.69 Å². The Morgan fingerprint density at radius 2 is 1.85 bits per heavy atom. The molecule has 2 heterocycles. The van der Waals surface area contributed by atoms with Crippen molar-refractivity contribution in [1.82, 2.24) is 19.6 Å². The Balaban J connectivity index is 1.65. The van der Waals surface area contributed by atoms with Gasteiger partial charge in [-0.3, -0.25) is 14.3 Å². The molecule has 0 atom stereocenters. The van der Waals surface area contributed by atoms with Crippen molar-refractivity contribution in [3.05, 3.63) is 82.9 Å². The number of carbonyl (C=O) groups excluding carboxylic acids is 1. The van der Waals surface area contributed by atoms with Crippen LogP contribution in [0.3, 0.4) is 0 Å². The number of rotatable bonds is 4. The van der Waals surface area contributed by atoms with E-state index < -0.39 is 5.91 Å². The highest BCUT2D eigenvalue weighted by molar-refractivity contribution is 6.04. The lowest BCUT2D eigenvalue weighted by Gasteiger charge is -2.10. The van der Waals surface area contributed by atoms with Crippen molar-refractivity contribution >= 4 is 22.5 Å². The number of carbonyl (C=O) groups is 1. The molecular formula is C20H17N5O2. The van der Waals surface area contributed by atoms with E-state index in [2.05, 4.69) is 15.5 Å². The number of nitrogens with one attached hydrogen (secondary N) is 1. The van der Waals surface area contributed by atoms with Crippen molar-refractivity contribution in [2.24, 2.45) is 0 Å². The number of benzene rings is 2. The van der Waals surface area contributed by atoms with E-state index in [-0.39, 0.29) is 11.1 Å². The number of hydrogen-bond acceptors (Lipinski definition) is 4. The number of anilines is 1. The molecule has 0 aliphatic heterocycles. The molecule has 0 radical (unpaired) electrons. The van der Waals surface area contributed by atoms with Crippen LogP contribution in [0.15, 0.2) is 71.8 Å². The van der Waals surface area contributed by atoms with Gasteiger partial charge in [0, 0.05) is 30.0 Å². The second-order valence-corrected chi connectivity index (χ2v) is 5.96. The SMILES string of the molecule is CCn1nc(C(=O)Nc2ccc(-n3cccn3)cc2)c(=O)c2ccccc21. The summed E-state index contributed by atoms with van der Waals surface area (Å²) in [5.41, 5.74) is 1.67. The van der Waals surface area contributed by atoms with Crippen molar-refractivity contribution < 1.29 is 4.79 Å². The average Bonchev–Trinajstić information content (AvgIpc) is 3.24. The number of para-hydroxylation sites is 1. The number of aryl methyl sites for hydroxylation is 1. The number of hydrogen-bond donors (Lipinski definition) is 1. The molecule has 0 unspecified atom stereocenters. The molecule has 7 nitrogen and oxygen atoms in total. The highest BCUT2D eigenvalue weighted by Crippen LogP contribution is 2.14. The molecule has 4 aromatic rings. The molecule has 0 aliphatic rings. The zero-order chi connectivity index (χ0) is 18.8. The maximum Gasteiger partial charge on any atom is 0.280 e. The van der Waals surface area contributed by atoms with Gasteiger partial charge < -0.3 is 5.32 Å². The van der Waals surface area contributed by atoms with Crippen LogP contribution in [0.5, 0.6) is 0 Å². The van der Waals surface area contributed by atoms with Crippen molar-refractivity contribution in [2.75, 3.05) is 5.32 Å². The molecule has 0 saturated heterocycles. The summed E-state index contributed by atoms with van der Waals surface area (Å²) < 4.78 is 3.38. The van der Waals surface area contributed by atoms with E-state index in [1.165, 1.54) is 0 Å². The number of fused-ring (bicyclic) bond motifs is 1. The topological polar surface area (TPSA) is 81.8 Å². The molecule has 0 aliphatic carbocycles. The van der Waals surface area contributed by atoms with Gasteiger partial charge in [-0.2, -0.15) is 10.2 Å². The molecule has 0 bridgehead atoms. The molecule has 2 aromatic carbocycles. The first-order valence-corrected chi connectivity index (χ1v) is 8.58. The van der Waals surface area contributed by atoms with E-state index >= 15 is 0 Å². The lowest BCUT2D eigenvalue weighted by Crippen LogP contribution is -2.27. The van der Waals surface area contributed by atoms with Crippen molar-refractivity contribution in [2.45, 2.75) is 13.5 Å². The molecule has 134 valence electrons. The van der Waals surface area contributed by atoms with Gasteiger partial charge >= 0.3 is 0 Å². The van der Waals surface area contributed by atoms with E-state index in [0.29, 0.717) is 23.1 Å². The Bertz CT molecular complexity index is 1160. The lowest BCUT2D eigenvalue weighted by molar-refractivity contribution is 0.101. The fourth-order valence-corrected chi connectivity index (χ4v) is 2.94. The fourth-order valence-electron chi connectivity index (χ4n) is 2.94. The van der Waals surface area contributed by atoms with E-state index in [4.69, 9.17) is 0 Å². The second kappa shape index (κ2) is 6.87. The maximum atomic E-state index is 12.7. The Hall–Kier alpha value is -3.74. The molecule has 0 saturated carbocycles. The Labute approximate surface area is 154 Å². The highest BCUT2D eigenvalue weighted by atomic mass is 16.2. The van der Waals surface area contributed by atoms with Crippen molar-refractivity contribution in [1.29, 1.82) is 0 Å². The van der Waals surface area contributed by atoms with Crippen LogP contribution >= 0.6 is 0 Å². The first kappa shape index (κ1) is 16.7. The molecular weight excluding hydrogens is 342 g/mol. The molecule has 27 heavy (non-hydrogen) atoms. The van der Waals surface area contributed by atoms with Gasteiger partial charge in [-0.1, -0.05) is 12.1 Å². The normalized spacial score (nSPS) is 10.9. The Kier molecular flexibility index (Phi) is 4.25. The number of aromatic nitrogens is 4. The minimum Gasteiger partial charge on any atom is -0.320 e. The van der Waals surface area contributed by atoms with E-state index in [1.54, 1.807) is 39.8 Å². The van der Waals surface area contributed by atoms with Crippen LogP contribution in [0.4, 0.5) is 5.69 Å². The van der Waals surface area contributed by atoms with E-state index in [1.807, 2.05) is 43.5 Å². The van der Waals surface area contributed by atoms with Gasteiger partial charge in [0.2, 0.25) is 5.43 Å². The average molecular weight is 359 g/mol. The monoisotopic (exact) mass is 359 g/mol. The van der Waals surface area contributed by atoms with Crippen LogP contribution < -0.4 is 10.7 Å². The third kappa shape index (κ3) is 3.10. The van der Waals surface area contributed by atoms with Gasteiger partial charge in [0.05, 0.1) is 11.2 Å². The van der Waals surface area contributed by atoms with Gasteiger partial charge in [-0.05, 0) is 49.4 Å². The minimum atomic E-state index is -0.528. The number of amides is 1. The van der Waals surface area contributed by atoms with Gasteiger partial charge in [0.1, 0.15) is 0 Å². The van der Waals surface area contributed by atoms with Crippen LogP contribution in [-0.2, 0) is 6.54 Å². The van der Waals surface area contributed by atoms with Gasteiger partial charge in [-0.25, -0.2) is 4.68 Å². The standard InChI is InChI=1S/C20H17N5O2/c1-2-24-17-7-4-3-6-16(17)19(26)18(23-24)20(27)22-14-8-10-15(11-9-14)25-13-5-12-21-25/h3-13H,2H2,1H3,(H,22,27). The van der Waals surface area contributed by atoms with Crippen LogP contribution in [0, 0.1) is 0 Å². The summed E-state index contributed by atoms with van der Waals surface area (Å²) >= 11 is 0. The summed E-state index contributed by atoms with van der Waals surface area (Å²) in [7, 11) is 0. The first-order chi connectivity index (χ1) is 13.2.